The van der Waals surface area contributed by atoms with Gasteiger partial charge in [0, 0.05) is 99.5 Å². The summed E-state index contributed by atoms with van der Waals surface area (Å²) in [6.07, 6.45) is 8.91. The summed E-state index contributed by atoms with van der Waals surface area (Å²) in [5.74, 6) is -0.971. The molecule has 1 atom stereocenters. The molecule has 2 fully saturated rings. The Hall–Kier alpha value is -7.37. The van der Waals surface area contributed by atoms with E-state index in [0.717, 1.165) is 21.7 Å². The number of benzene rings is 3. The Bertz CT molecular complexity index is 3240. The van der Waals surface area contributed by atoms with Crippen molar-refractivity contribution in [2.24, 2.45) is 7.05 Å². The molecule has 0 saturated carbocycles. The van der Waals surface area contributed by atoms with E-state index in [2.05, 4.69) is 62.1 Å². The van der Waals surface area contributed by atoms with E-state index in [-0.39, 0.29) is 48.9 Å². The van der Waals surface area contributed by atoms with Crippen LogP contribution in [-0.2, 0) is 40.2 Å². The number of carbonyl (C=O) groups excluding carboxylic acids is 5. The minimum Gasteiger partial charge on any atom is -0.494 e. The Morgan fingerprint density at radius 3 is 2.32 bits per heavy atom. The van der Waals surface area contributed by atoms with Crippen molar-refractivity contribution in [3.63, 3.8) is 0 Å². The summed E-state index contributed by atoms with van der Waals surface area (Å²) in [5, 5.41) is 17.1. The van der Waals surface area contributed by atoms with Gasteiger partial charge in [0.2, 0.25) is 23.7 Å². The molecule has 23 nitrogen and oxygen atoms in total. The third-order valence-electron chi connectivity index (χ3n) is 12.9. The van der Waals surface area contributed by atoms with Crippen molar-refractivity contribution in [2.45, 2.75) is 25.3 Å². The van der Waals surface area contributed by atoms with Gasteiger partial charge in [-0.3, -0.25) is 48.8 Å². The Balaban J connectivity index is 0.716. The number of nitrogens with zero attached hydrogens (tertiary/aromatic N) is 9. The second-order valence-corrected chi connectivity index (χ2v) is 22.4. The summed E-state index contributed by atoms with van der Waals surface area (Å²) in [7, 11) is 0.624. The molecule has 3 aromatic carbocycles. The molecule has 76 heavy (non-hydrogen) atoms. The SMILES string of the molecule is COc1cc(N2CCN(C(=O)CCOCCOCCOCCNc3cccc4c3C(=O)N(C3CCC(=O)NC3=O)C4=O)CC2)c(-c2cnn(C)c2)cc1Nc1ncc(Br)c(Nc2ccc3nccnc3c2P(C)(C)=O)n1. The lowest BCUT2D eigenvalue weighted by Crippen LogP contribution is -2.54. The van der Waals surface area contributed by atoms with Crippen LogP contribution < -0.4 is 36.2 Å². The van der Waals surface area contributed by atoms with Gasteiger partial charge in [0.15, 0.2) is 0 Å². The van der Waals surface area contributed by atoms with Crippen molar-refractivity contribution in [1.29, 1.82) is 0 Å². The summed E-state index contributed by atoms with van der Waals surface area (Å²) in [5.41, 5.74) is 5.92. The number of aryl methyl sites for hydroxylation is 1. The molecular weight excluding hydrogens is 1070 g/mol. The molecule has 6 heterocycles. The van der Waals surface area contributed by atoms with Gasteiger partial charge in [-0.25, -0.2) is 4.98 Å². The van der Waals surface area contributed by atoms with E-state index in [0.29, 0.717) is 115 Å². The van der Waals surface area contributed by atoms with E-state index in [1.807, 2.05) is 42.4 Å². The Morgan fingerprint density at radius 2 is 1.59 bits per heavy atom. The molecule has 398 valence electrons. The molecule has 25 heteroatoms. The molecule has 2 saturated heterocycles. The van der Waals surface area contributed by atoms with Gasteiger partial charge >= 0.3 is 0 Å². The Kier molecular flexibility index (Phi) is 16.6. The standard InChI is InChI=1S/C51H57BrN13O10P/c1-62-30-31(28-57-62)33-26-38(59-51-56-29-34(52)47(61-51)58-37-9-8-36-45(55-14-13-53-36)46(37)76(3,4)71)41(72-2)27-40(33)63-16-18-64(19-17-63)43(67)12-20-73-22-24-75-25-23-74-21-15-54-35-7-5-6-32-44(35)50(70)65(49(32)69)39-10-11-42(66)60-48(39)68/h5-9,13-14,26-30,39,54H,10-12,15-25H2,1-4H3,(H,60,66,68)(H2,56,58,59,61). The van der Waals surface area contributed by atoms with E-state index in [4.69, 9.17) is 23.9 Å². The second-order valence-electron chi connectivity index (χ2n) is 18.4. The first-order valence-electron chi connectivity index (χ1n) is 24.6. The zero-order valence-corrected chi connectivity index (χ0v) is 44.8. The van der Waals surface area contributed by atoms with E-state index >= 15 is 0 Å². The van der Waals surface area contributed by atoms with Crippen LogP contribution in [0.4, 0.5) is 34.5 Å². The molecule has 4 N–H and O–H groups in total. The lowest BCUT2D eigenvalue weighted by molar-refractivity contribution is -0.136. The molecule has 5 amide bonds. The number of imide groups is 2. The molecule has 3 aromatic heterocycles. The number of aromatic nitrogens is 6. The second kappa shape index (κ2) is 23.7. The summed E-state index contributed by atoms with van der Waals surface area (Å²) in [6, 6.07) is 11.4. The highest BCUT2D eigenvalue weighted by Gasteiger charge is 2.45. The normalized spacial score (nSPS) is 15.8. The summed E-state index contributed by atoms with van der Waals surface area (Å²) >= 11 is 3.58. The largest absolute Gasteiger partial charge is 0.494 e. The van der Waals surface area contributed by atoms with Crippen molar-refractivity contribution in [3.8, 4) is 16.9 Å². The third-order valence-corrected chi connectivity index (χ3v) is 15.0. The number of fused-ring (bicyclic) bond motifs is 2. The maximum absolute atomic E-state index is 13.6. The molecule has 0 bridgehead atoms. The summed E-state index contributed by atoms with van der Waals surface area (Å²) in [4.78, 5) is 87.0. The van der Waals surface area contributed by atoms with Gasteiger partial charge < -0.3 is 49.3 Å². The van der Waals surface area contributed by atoms with Gasteiger partial charge in [-0.2, -0.15) is 10.1 Å². The maximum Gasteiger partial charge on any atom is 0.264 e. The first kappa shape index (κ1) is 53.5. The molecule has 9 rings (SSSR count). The number of nitrogens with one attached hydrogen (secondary N) is 4. The lowest BCUT2D eigenvalue weighted by Gasteiger charge is -2.37. The van der Waals surface area contributed by atoms with E-state index in [9.17, 15) is 28.5 Å². The Labute approximate surface area is 445 Å². The number of halogens is 1. The number of piperidine rings is 1. The van der Waals surface area contributed by atoms with Crippen molar-refractivity contribution in [1.82, 2.24) is 44.8 Å². The van der Waals surface area contributed by atoms with Gasteiger partial charge in [-0.05, 0) is 66.0 Å². The Morgan fingerprint density at radius 1 is 0.842 bits per heavy atom. The number of ether oxygens (including phenoxy) is 4. The fourth-order valence-electron chi connectivity index (χ4n) is 9.30. The lowest BCUT2D eigenvalue weighted by atomic mass is 10.0. The zero-order valence-electron chi connectivity index (χ0n) is 42.3. The van der Waals surface area contributed by atoms with Crippen LogP contribution in [0.25, 0.3) is 22.2 Å². The van der Waals surface area contributed by atoms with Gasteiger partial charge in [0.05, 0.1) is 97.2 Å². The van der Waals surface area contributed by atoms with Gasteiger partial charge in [0.1, 0.15) is 30.3 Å². The first-order chi connectivity index (χ1) is 36.7. The van der Waals surface area contributed by atoms with Crippen LogP contribution in [0.3, 0.4) is 0 Å². The summed E-state index contributed by atoms with van der Waals surface area (Å²) in [6.45, 7) is 7.75. The van der Waals surface area contributed by atoms with Crippen molar-refractivity contribution >= 4 is 103 Å². The van der Waals surface area contributed by atoms with Crippen molar-refractivity contribution < 1.29 is 47.5 Å². The van der Waals surface area contributed by atoms with Crippen molar-refractivity contribution in [3.05, 3.63) is 89.0 Å². The van der Waals surface area contributed by atoms with Gasteiger partial charge in [-0.1, -0.05) is 6.07 Å². The van der Waals surface area contributed by atoms with Crippen LogP contribution in [0.5, 0.6) is 5.75 Å². The van der Waals surface area contributed by atoms with Crippen LogP contribution in [-0.4, -0.2) is 168 Å². The average molecular weight is 1120 g/mol. The van der Waals surface area contributed by atoms with E-state index in [1.54, 1.807) is 68.1 Å². The van der Waals surface area contributed by atoms with Crippen LogP contribution in [0.1, 0.15) is 40.0 Å². The molecule has 6 aromatic rings. The van der Waals surface area contributed by atoms with Crippen molar-refractivity contribution in [2.75, 3.05) is 114 Å². The molecule has 3 aliphatic rings. The predicted octanol–water partition coefficient (Wildman–Crippen LogP) is 4.93. The number of amides is 5. The monoisotopic (exact) mass is 1120 g/mol. The fourth-order valence-corrected chi connectivity index (χ4v) is 11.0. The number of methoxy groups -OCH3 is 1. The maximum atomic E-state index is 13.6. The quantitative estimate of drug-likeness (QED) is 0.0399. The number of anilines is 6. The highest BCUT2D eigenvalue weighted by molar-refractivity contribution is 9.10. The number of carbonyl (C=O) groups is 5. The number of hydrogen-bond donors (Lipinski definition) is 4. The molecule has 0 aliphatic carbocycles. The summed E-state index contributed by atoms with van der Waals surface area (Å²) < 4.78 is 38.9. The molecule has 0 spiro atoms. The first-order valence-corrected chi connectivity index (χ1v) is 28.0. The third kappa shape index (κ3) is 12.0. The number of hydrogen-bond acceptors (Lipinski definition) is 19. The number of piperazine rings is 1. The van der Waals surface area contributed by atoms with Crippen LogP contribution in [0.2, 0.25) is 0 Å². The predicted molar refractivity (Wildman–Crippen MR) is 288 cm³/mol. The highest BCUT2D eigenvalue weighted by atomic mass is 79.9. The molecule has 0 radical (unpaired) electrons. The highest BCUT2D eigenvalue weighted by Crippen LogP contribution is 2.43. The van der Waals surface area contributed by atoms with E-state index < -0.39 is 36.8 Å². The number of rotatable bonds is 22. The topological polar surface area (TPSA) is 267 Å². The average Bonchev–Trinajstić information content (AvgIpc) is 4.02. The van der Waals surface area contributed by atoms with Gasteiger partial charge in [0.25, 0.3) is 11.8 Å². The van der Waals surface area contributed by atoms with Gasteiger partial charge in [-0.15, -0.1) is 0 Å². The molecular formula is C51H57BrN13O10P. The molecule has 1 unspecified atom stereocenters. The minimum atomic E-state index is -2.83. The smallest absolute Gasteiger partial charge is 0.264 e. The van der Waals surface area contributed by atoms with Crippen LogP contribution >= 0.6 is 23.1 Å². The fraction of sp³-hybridized carbons (Fsp3) is 0.373. The van der Waals surface area contributed by atoms with Crippen LogP contribution in [0.15, 0.2) is 77.9 Å². The zero-order chi connectivity index (χ0) is 53.5. The minimum absolute atomic E-state index is 0.00234. The van der Waals surface area contributed by atoms with Crippen LogP contribution in [0, 0.1) is 0 Å². The molecule has 3 aliphatic heterocycles. The van der Waals surface area contributed by atoms with E-state index in [1.165, 1.54) is 0 Å².